The van der Waals surface area contributed by atoms with Crippen molar-refractivity contribution in [3.8, 4) is 0 Å². The van der Waals surface area contributed by atoms with E-state index in [-0.39, 0.29) is 12.5 Å². The molecule has 0 aromatic carbocycles. The van der Waals surface area contributed by atoms with Crippen LogP contribution in [-0.4, -0.2) is 46.8 Å². The molecule has 0 unspecified atom stereocenters. The molecule has 1 rings (SSSR count). The van der Waals surface area contributed by atoms with Crippen molar-refractivity contribution in [3.05, 3.63) is 0 Å². The van der Waals surface area contributed by atoms with E-state index in [1.807, 2.05) is 0 Å². The summed E-state index contributed by atoms with van der Waals surface area (Å²) in [6, 6.07) is 0.465. The summed E-state index contributed by atoms with van der Waals surface area (Å²) in [5, 5.41) is 17.6. The Balaban J connectivity index is 2.27. The molecule has 0 bridgehead atoms. The monoisotopic (exact) mass is 215 g/mol. The van der Waals surface area contributed by atoms with Crippen molar-refractivity contribution < 1.29 is 15.0 Å². The van der Waals surface area contributed by atoms with E-state index in [2.05, 4.69) is 11.8 Å². The second kappa shape index (κ2) is 6.08. The van der Waals surface area contributed by atoms with Crippen molar-refractivity contribution in [2.24, 2.45) is 5.92 Å². The lowest BCUT2D eigenvalue weighted by Gasteiger charge is -2.34. The Morgan fingerprint density at radius 3 is 2.53 bits per heavy atom. The quantitative estimate of drug-likeness (QED) is 0.716. The first-order valence-corrected chi connectivity index (χ1v) is 5.73. The smallest absolute Gasteiger partial charge is 0.306 e. The minimum absolute atomic E-state index is 0.147. The topological polar surface area (TPSA) is 60.8 Å². The van der Waals surface area contributed by atoms with E-state index in [0.29, 0.717) is 6.04 Å². The maximum atomic E-state index is 10.8. The van der Waals surface area contributed by atoms with Gasteiger partial charge >= 0.3 is 5.97 Å². The normalized spacial score (nSPS) is 21.5. The lowest BCUT2D eigenvalue weighted by Crippen LogP contribution is -2.41. The van der Waals surface area contributed by atoms with Crippen LogP contribution < -0.4 is 0 Å². The third-order valence-corrected chi connectivity index (χ3v) is 3.28. The summed E-state index contributed by atoms with van der Waals surface area (Å²) in [5.74, 6) is -0.802. The van der Waals surface area contributed by atoms with E-state index >= 15 is 0 Å². The molecule has 2 N–H and O–H groups in total. The second-order valence-corrected chi connectivity index (χ2v) is 4.36. The summed E-state index contributed by atoms with van der Waals surface area (Å²) in [4.78, 5) is 13.1. The van der Waals surface area contributed by atoms with Crippen molar-refractivity contribution in [1.29, 1.82) is 0 Å². The average Bonchev–Trinajstić information content (AvgIpc) is 2.26. The van der Waals surface area contributed by atoms with Crippen molar-refractivity contribution in [1.82, 2.24) is 4.90 Å². The summed E-state index contributed by atoms with van der Waals surface area (Å²) in [5.41, 5.74) is 0. The van der Waals surface area contributed by atoms with Gasteiger partial charge in [-0.15, -0.1) is 0 Å². The number of nitrogens with zero attached hydrogens (tertiary/aromatic N) is 1. The van der Waals surface area contributed by atoms with Crippen molar-refractivity contribution in [3.63, 3.8) is 0 Å². The Morgan fingerprint density at radius 1 is 1.47 bits per heavy atom. The van der Waals surface area contributed by atoms with Gasteiger partial charge in [0.1, 0.15) is 0 Å². The first-order valence-electron chi connectivity index (χ1n) is 5.73. The molecule has 4 nitrogen and oxygen atoms in total. The average molecular weight is 215 g/mol. The highest BCUT2D eigenvalue weighted by Crippen LogP contribution is 2.20. The van der Waals surface area contributed by atoms with E-state index in [1.54, 1.807) is 0 Å². The molecule has 88 valence electrons. The summed E-state index contributed by atoms with van der Waals surface area (Å²) in [7, 11) is 0. The van der Waals surface area contributed by atoms with Crippen LogP contribution in [0.3, 0.4) is 0 Å². The van der Waals surface area contributed by atoms with Gasteiger partial charge in [-0.1, -0.05) is 0 Å². The third-order valence-electron chi connectivity index (χ3n) is 3.28. The zero-order valence-corrected chi connectivity index (χ0v) is 9.35. The van der Waals surface area contributed by atoms with Crippen LogP contribution in [0.25, 0.3) is 0 Å². The number of rotatable bonds is 5. The van der Waals surface area contributed by atoms with Crippen molar-refractivity contribution >= 4 is 5.97 Å². The van der Waals surface area contributed by atoms with Gasteiger partial charge in [0.25, 0.3) is 0 Å². The van der Waals surface area contributed by atoms with Gasteiger partial charge in [-0.3, -0.25) is 4.79 Å². The largest absolute Gasteiger partial charge is 0.481 e. The summed E-state index contributed by atoms with van der Waals surface area (Å²) in [6.45, 7) is 4.15. The van der Waals surface area contributed by atoms with Crippen LogP contribution in [0, 0.1) is 5.92 Å². The molecule has 1 saturated heterocycles. The Hall–Kier alpha value is -0.610. The molecule has 0 amide bonds. The maximum absolute atomic E-state index is 10.8. The molecule has 0 aromatic rings. The van der Waals surface area contributed by atoms with E-state index in [9.17, 15) is 4.79 Å². The maximum Gasteiger partial charge on any atom is 0.306 e. The molecule has 0 radical (unpaired) electrons. The zero-order valence-electron chi connectivity index (χ0n) is 9.35. The summed E-state index contributed by atoms with van der Waals surface area (Å²) in [6.07, 6.45) is 3.35. The lowest BCUT2D eigenvalue weighted by atomic mass is 9.95. The molecular weight excluding hydrogens is 194 g/mol. The third kappa shape index (κ3) is 3.80. The fourth-order valence-electron chi connectivity index (χ4n) is 2.16. The highest BCUT2D eigenvalue weighted by atomic mass is 16.4. The van der Waals surface area contributed by atoms with Gasteiger partial charge in [0.05, 0.1) is 5.92 Å². The Labute approximate surface area is 90.9 Å². The number of likely N-dealkylation sites (tertiary alicyclic amines) is 1. The Bertz CT molecular complexity index is 200. The van der Waals surface area contributed by atoms with Crippen LogP contribution in [0.15, 0.2) is 0 Å². The van der Waals surface area contributed by atoms with E-state index in [4.69, 9.17) is 10.2 Å². The van der Waals surface area contributed by atoms with Crippen LogP contribution >= 0.6 is 0 Å². The Morgan fingerprint density at radius 2 is 2.07 bits per heavy atom. The highest BCUT2D eigenvalue weighted by molar-refractivity contribution is 5.70. The fraction of sp³-hybridized carbons (Fsp3) is 0.909. The molecule has 1 atom stereocenters. The number of carboxylic acids is 1. The van der Waals surface area contributed by atoms with Crippen LogP contribution in [0.1, 0.15) is 32.6 Å². The van der Waals surface area contributed by atoms with Gasteiger partial charge in [0.2, 0.25) is 0 Å². The molecule has 4 heteroatoms. The molecule has 0 aromatic heterocycles. The molecule has 1 heterocycles. The fourth-order valence-corrected chi connectivity index (χ4v) is 2.16. The first-order chi connectivity index (χ1) is 7.15. The van der Waals surface area contributed by atoms with Gasteiger partial charge in [-0.05, 0) is 45.7 Å². The van der Waals surface area contributed by atoms with Gasteiger partial charge < -0.3 is 15.1 Å². The predicted octanol–water partition coefficient (Wildman–Crippen LogP) is 0.944. The van der Waals surface area contributed by atoms with Crippen LogP contribution in [0.2, 0.25) is 0 Å². The van der Waals surface area contributed by atoms with E-state index in [0.717, 1.165) is 38.8 Å². The zero-order chi connectivity index (χ0) is 11.3. The highest BCUT2D eigenvalue weighted by Gasteiger charge is 2.26. The SMILES string of the molecule is C[C@@H](CCCO)N1CCC(C(=O)O)CC1. The van der Waals surface area contributed by atoms with Crippen molar-refractivity contribution in [2.75, 3.05) is 19.7 Å². The van der Waals surface area contributed by atoms with Gasteiger partial charge in [0, 0.05) is 12.6 Å². The molecule has 1 aliphatic rings. The number of carbonyl (C=O) groups is 1. The number of piperidine rings is 1. The minimum atomic E-state index is -0.655. The number of hydrogen-bond donors (Lipinski definition) is 2. The lowest BCUT2D eigenvalue weighted by molar-refractivity contribution is -0.143. The molecular formula is C11H21NO3. The number of aliphatic hydroxyl groups excluding tert-OH is 1. The van der Waals surface area contributed by atoms with Crippen LogP contribution in [-0.2, 0) is 4.79 Å². The summed E-state index contributed by atoms with van der Waals surface area (Å²) < 4.78 is 0. The second-order valence-electron chi connectivity index (χ2n) is 4.36. The van der Waals surface area contributed by atoms with Crippen molar-refractivity contribution in [2.45, 2.75) is 38.6 Å². The predicted molar refractivity (Wildman–Crippen MR) is 57.7 cm³/mol. The molecule has 0 saturated carbocycles. The van der Waals surface area contributed by atoms with E-state index < -0.39 is 5.97 Å². The minimum Gasteiger partial charge on any atom is -0.481 e. The van der Waals surface area contributed by atoms with Gasteiger partial charge in [0.15, 0.2) is 0 Å². The van der Waals surface area contributed by atoms with Gasteiger partial charge in [-0.2, -0.15) is 0 Å². The summed E-state index contributed by atoms with van der Waals surface area (Å²) >= 11 is 0. The molecule has 0 spiro atoms. The number of carboxylic acid groups (broad SMARTS) is 1. The van der Waals surface area contributed by atoms with Crippen LogP contribution in [0.5, 0.6) is 0 Å². The van der Waals surface area contributed by atoms with Gasteiger partial charge in [-0.25, -0.2) is 0 Å². The van der Waals surface area contributed by atoms with Crippen LogP contribution in [0.4, 0.5) is 0 Å². The van der Waals surface area contributed by atoms with E-state index in [1.165, 1.54) is 0 Å². The number of aliphatic hydroxyl groups is 1. The Kier molecular flexibility index (Phi) is 5.05. The molecule has 0 aliphatic carbocycles. The molecule has 1 fully saturated rings. The molecule has 15 heavy (non-hydrogen) atoms. The standard InChI is InChI=1S/C11H21NO3/c1-9(3-2-8-13)12-6-4-10(5-7-12)11(14)15/h9-10,13H,2-8H2,1H3,(H,14,15)/t9-/m0/s1. The first kappa shape index (κ1) is 12.5. The molecule has 1 aliphatic heterocycles. The number of hydrogen-bond acceptors (Lipinski definition) is 3. The number of aliphatic carboxylic acids is 1.